The lowest BCUT2D eigenvalue weighted by Crippen LogP contribution is -2.35. The number of nitrogens with two attached hydrogens (primary N) is 1. The van der Waals surface area contributed by atoms with Gasteiger partial charge in [0.25, 0.3) is 5.56 Å². The van der Waals surface area contributed by atoms with Crippen LogP contribution in [0.25, 0.3) is 11.0 Å². The number of halogens is 7. The maximum absolute atomic E-state index is 14.3. The van der Waals surface area contributed by atoms with Crippen molar-refractivity contribution in [1.82, 2.24) is 24.6 Å². The zero-order chi connectivity index (χ0) is 33.7. The van der Waals surface area contributed by atoms with Gasteiger partial charge in [-0.25, -0.2) is 14.6 Å². The Kier molecular flexibility index (Phi) is 10.4. The Morgan fingerprint density at radius 2 is 1.89 bits per heavy atom. The molecular formula is C26H20ClF6N7O5. The number of H-pyrrole nitrogens is 1. The zero-order valence-electron chi connectivity index (χ0n) is 22.7. The van der Waals surface area contributed by atoms with E-state index in [0.717, 1.165) is 16.9 Å². The Labute approximate surface area is 253 Å². The first-order valence-electron chi connectivity index (χ1n) is 12.3. The predicted octanol–water partition coefficient (Wildman–Crippen LogP) is 4.54. The van der Waals surface area contributed by atoms with Crippen molar-refractivity contribution in [3.8, 4) is 17.6 Å². The van der Waals surface area contributed by atoms with E-state index in [2.05, 4.69) is 15.1 Å². The highest BCUT2D eigenvalue weighted by Crippen LogP contribution is 2.40. The molecule has 0 aliphatic carbocycles. The Balaban J connectivity index is 0.000000707. The summed E-state index contributed by atoms with van der Waals surface area (Å²) in [4.78, 5) is 42.0. The molecular weight excluding hydrogens is 640 g/mol. The lowest BCUT2D eigenvalue weighted by atomic mass is 10.0. The summed E-state index contributed by atoms with van der Waals surface area (Å²) in [5.74, 6) is -4.01. The van der Waals surface area contributed by atoms with Crippen molar-refractivity contribution in [3.05, 3.63) is 80.5 Å². The largest absolute Gasteiger partial charge is 0.490 e. The number of pyridine rings is 2. The second-order valence-corrected chi connectivity index (χ2v) is 9.38. The van der Waals surface area contributed by atoms with Crippen LogP contribution < -0.4 is 16.0 Å². The third-order valence-electron chi connectivity index (χ3n) is 5.73. The minimum atomic E-state index is -5.08. The average Bonchev–Trinajstić information content (AvgIpc) is 3.31. The number of aromatic amines is 1. The maximum atomic E-state index is 14.3. The number of alkyl halides is 6. The van der Waals surface area contributed by atoms with Crippen LogP contribution in [0.3, 0.4) is 0 Å². The number of aromatic nitrogens is 4. The molecule has 4 aromatic rings. The third-order valence-corrected chi connectivity index (χ3v) is 5.95. The highest BCUT2D eigenvalue weighted by atomic mass is 35.5. The van der Waals surface area contributed by atoms with E-state index in [0.29, 0.717) is 5.39 Å². The number of fused-ring (bicyclic) bond motifs is 1. The van der Waals surface area contributed by atoms with E-state index in [4.69, 9.17) is 37.2 Å². The van der Waals surface area contributed by atoms with E-state index < -0.39 is 47.6 Å². The van der Waals surface area contributed by atoms with Gasteiger partial charge in [-0.2, -0.15) is 41.4 Å². The molecule has 0 fully saturated rings. The summed E-state index contributed by atoms with van der Waals surface area (Å²) < 4.78 is 81.1. The van der Waals surface area contributed by atoms with Gasteiger partial charge in [0, 0.05) is 49.4 Å². The number of hydrogen-bond donors (Lipinski definition) is 3. The van der Waals surface area contributed by atoms with Crippen LogP contribution >= 0.6 is 11.6 Å². The molecule has 1 aromatic carbocycles. The number of likely N-dealkylation sites (N-methyl/N-ethyl adjacent to an activating group) is 1. The van der Waals surface area contributed by atoms with Crippen molar-refractivity contribution in [2.24, 2.45) is 5.73 Å². The fourth-order valence-electron chi connectivity index (χ4n) is 3.81. The van der Waals surface area contributed by atoms with Gasteiger partial charge in [0.15, 0.2) is 5.65 Å². The molecule has 0 saturated heterocycles. The van der Waals surface area contributed by atoms with Crippen LogP contribution in [0.15, 0.2) is 47.5 Å². The molecule has 0 aliphatic heterocycles. The molecule has 238 valence electrons. The standard InChI is InChI=1S/C24H19ClF3N7O3.C2HF3O2/c1-34(6-4-29)23(37)35-21-17(3-2-5-31-21)18(33-35)9-14-12-32-22(36)20(19(14)24(26,27)28)38-16-8-13(11-30)7-15(25)10-16;3-2(4,5)1(6)7/h2-3,5,7-8,10,12H,4,6,9,29H2,1H3,(H,32,36);(H,6,7). The molecule has 1 amide bonds. The predicted molar refractivity (Wildman–Crippen MR) is 145 cm³/mol. The van der Waals surface area contributed by atoms with E-state index in [9.17, 15) is 35.9 Å². The van der Waals surface area contributed by atoms with Crippen LogP contribution in [0.4, 0.5) is 31.1 Å². The number of nitrogens with zero attached hydrogens (tertiary/aromatic N) is 5. The number of nitrogens with one attached hydrogen (secondary N) is 1. The van der Waals surface area contributed by atoms with Gasteiger partial charge in [-0.1, -0.05) is 11.6 Å². The van der Waals surface area contributed by atoms with Crippen molar-refractivity contribution in [2.75, 3.05) is 20.1 Å². The number of ether oxygens (including phenoxy) is 1. The first-order valence-corrected chi connectivity index (χ1v) is 12.6. The fourth-order valence-corrected chi connectivity index (χ4v) is 4.03. The van der Waals surface area contributed by atoms with Crippen LogP contribution in [0, 0.1) is 11.3 Å². The summed E-state index contributed by atoms with van der Waals surface area (Å²) in [6.45, 7) is 0.414. The second-order valence-electron chi connectivity index (χ2n) is 8.94. The van der Waals surface area contributed by atoms with Crippen LogP contribution in [-0.2, 0) is 17.4 Å². The van der Waals surface area contributed by atoms with Crippen LogP contribution in [0.1, 0.15) is 22.4 Å². The topological polar surface area (TPSA) is 180 Å². The van der Waals surface area contributed by atoms with Crippen molar-refractivity contribution in [1.29, 1.82) is 5.26 Å². The molecule has 12 nitrogen and oxygen atoms in total. The molecule has 4 N–H and O–H groups in total. The highest BCUT2D eigenvalue weighted by Gasteiger charge is 2.40. The number of amides is 1. The Morgan fingerprint density at radius 3 is 2.47 bits per heavy atom. The molecule has 0 aliphatic rings. The lowest BCUT2D eigenvalue weighted by Gasteiger charge is -2.17. The van der Waals surface area contributed by atoms with Gasteiger partial charge < -0.3 is 25.5 Å². The Bertz CT molecular complexity index is 1830. The molecule has 0 spiro atoms. The fraction of sp³-hybridized carbons (Fsp3) is 0.231. The van der Waals surface area contributed by atoms with Crippen molar-refractivity contribution >= 4 is 34.6 Å². The summed E-state index contributed by atoms with van der Waals surface area (Å²) in [5.41, 5.74) is 2.96. The lowest BCUT2D eigenvalue weighted by molar-refractivity contribution is -0.192. The first-order chi connectivity index (χ1) is 21.0. The molecule has 0 atom stereocenters. The number of rotatable bonds is 6. The first kappa shape index (κ1) is 34.3. The molecule has 0 bridgehead atoms. The minimum Gasteiger partial charge on any atom is -0.475 e. The number of nitriles is 1. The molecule has 4 rings (SSSR count). The molecule has 0 saturated carbocycles. The number of carbonyl (C=O) groups is 2. The number of carboxylic acids is 1. The molecule has 45 heavy (non-hydrogen) atoms. The molecule has 0 unspecified atom stereocenters. The van der Waals surface area contributed by atoms with Gasteiger partial charge in [0.2, 0.25) is 5.75 Å². The third kappa shape index (κ3) is 8.27. The number of hydrogen-bond acceptors (Lipinski definition) is 8. The van der Waals surface area contributed by atoms with Crippen molar-refractivity contribution < 1.29 is 45.8 Å². The van der Waals surface area contributed by atoms with Crippen molar-refractivity contribution in [2.45, 2.75) is 18.8 Å². The summed E-state index contributed by atoms with van der Waals surface area (Å²) in [7, 11) is 1.51. The smallest absolute Gasteiger partial charge is 0.475 e. The summed E-state index contributed by atoms with van der Waals surface area (Å²) >= 11 is 5.93. The van der Waals surface area contributed by atoms with Gasteiger partial charge in [0.05, 0.1) is 17.3 Å². The van der Waals surface area contributed by atoms with Crippen LogP contribution in [0.5, 0.6) is 11.5 Å². The van der Waals surface area contributed by atoms with Crippen LogP contribution in [0.2, 0.25) is 5.02 Å². The van der Waals surface area contributed by atoms with Crippen molar-refractivity contribution in [3.63, 3.8) is 0 Å². The monoisotopic (exact) mass is 659 g/mol. The number of carboxylic acid groups (broad SMARTS) is 1. The molecule has 3 aromatic heterocycles. The SMILES string of the molecule is CN(CCN)C(=O)n1nc(Cc2c[nH]c(=O)c(Oc3cc(Cl)cc(C#N)c3)c2C(F)(F)F)c2cccnc21.O=C(O)C(F)(F)F. The minimum absolute atomic E-state index is 0.0300. The molecule has 3 heterocycles. The van der Waals surface area contributed by atoms with Crippen LogP contribution in [-0.4, -0.2) is 68.1 Å². The number of aliphatic carboxylic acids is 1. The molecule has 0 radical (unpaired) electrons. The number of carbonyl (C=O) groups excluding carboxylic acids is 1. The normalized spacial score (nSPS) is 11.4. The Morgan fingerprint density at radius 1 is 1.22 bits per heavy atom. The number of benzene rings is 1. The highest BCUT2D eigenvalue weighted by molar-refractivity contribution is 6.30. The molecule has 19 heteroatoms. The second kappa shape index (κ2) is 13.7. The Hall–Kier alpha value is -5.15. The van der Waals surface area contributed by atoms with Gasteiger partial charge >= 0.3 is 24.4 Å². The van der Waals surface area contributed by atoms with Gasteiger partial charge in [-0.3, -0.25) is 4.79 Å². The summed E-state index contributed by atoms with van der Waals surface area (Å²) in [5, 5.41) is 20.9. The van der Waals surface area contributed by atoms with Gasteiger partial charge in [-0.05, 0) is 35.9 Å². The van der Waals surface area contributed by atoms with E-state index in [1.807, 2.05) is 6.07 Å². The van der Waals surface area contributed by atoms with E-state index in [-0.39, 0.29) is 46.3 Å². The van der Waals surface area contributed by atoms with Gasteiger partial charge in [0.1, 0.15) is 11.3 Å². The quantitative estimate of drug-likeness (QED) is 0.251. The maximum Gasteiger partial charge on any atom is 0.490 e. The summed E-state index contributed by atoms with van der Waals surface area (Å²) in [6.07, 6.45) is -8.18. The van der Waals surface area contributed by atoms with E-state index in [1.54, 1.807) is 12.1 Å². The van der Waals surface area contributed by atoms with E-state index >= 15 is 0 Å². The average molecular weight is 660 g/mol. The summed E-state index contributed by atoms with van der Waals surface area (Å²) in [6, 6.07) is 8.01. The van der Waals surface area contributed by atoms with Gasteiger partial charge in [-0.15, -0.1) is 0 Å². The van der Waals surface area contributed by atoms with E-state index in [1.165, 1.54) is 30.3 Å². The zero-order valence-corrected chi connectivity index (χ0v) is 23.5.